The summed E-state index contributed by atoms with van der Waals surface area (Å²) in [6.45, 7) is 0. The summed E-state index contributed by atoms with van der Waals surface area (Å²) in [7, 11) is 0. The summed E-state index contributed by atoms with van der Waals surface area (Å²) in [5.41, 5.74) is 8.53. The fourth-order valence-electron chi connectivity index (χ4n) is 0.952. The Morgan fingerprint density at radius 2 is 2.06 bits per heavy atom. The van der Waals surface area contributed by atoms with E-state index in [-0.39, 0.29) is 5.69 Å². The molecule has 1 aromatic rings. The predicted octanol–water partition coefficient (Wildman–Crippen LogP) is 2.44. The largest absolute Gasteiger partial charge is 0.288 e. The Kier molecular flexibility index (Phi) is 3.77. The molecule has 0 unspecified atom stereocenters. The van der Waals surface area contributed by atoms with Gasteiger partial charge in [-0.1, -0.05) is 6.08 Å². The van der Waals surface area contributed by atoms with Crippen molar-refractivity contribution in [3.8, 4) is 0 Å². The van der Waals surface area contributed by atoms with E-state index in [1.807, 2.05) is 0 Å². The van der Waals surface area contributed by atoms with Crippen LogP contribution in [-0.4, -0.2) is 10.8 Å². The van der Waals surface area contributed by atoms with E-state index in [0.717, 1.165) is 6.08 Å². The van der Waals surface area contributed by atoms with E-state index in [2.05, 4.69) is 10.0 Å². The summed E-state index contributed by atoms with van der Waals surface area (Å²) in [5, 5.41) is 13.2. The van der Waals surface area contributed by atoms with E-state index in [1.165, 1.54) is 30.3 Å². The summed E-state index contributed by atoms with van der Waals surface area (Å²) in [6, 6.07) is 5.60. The molecule has 0 atom stereocenters. The van der Waals surface area contributed by atoms with Crippen LogP contribution in [0.4, 0.5) is 5.69 Å². The zero-order valence-electron chi connectivity index (χ0n) is 7.98. The lowest BCUT2D eigenvalue weighted by atomic mass is 10.2. The second kappa shape index (κ2) is 5.28. The van der Waals surface area contributed by atoms with Crippen LogP contribution < -0.4 is 0 Å². The average molecular weight is 218 g/mol. The van der Waals surface area contributed by atoms with Crippen LogP contribution in [0, 0.1) is 10.1 Å². The van der Waals surface area contributed by atoms with Crippen molar-refractivity contribution in [1.82, 2.24) is 0 Å². The number of carbonyl (C=O) groups is 1. The third-order valence-corrected chi connectivity index (χ3v) is 1.67. The summed E-state index contributed by atoms with van der Waals surface area (Å²) in [4.78, 5) is 22.9. The molecule has 1 rings (SSSR count). The molecule has 0 saturated heterocycles. The van der Waals surface area contributed by atoms with E-state index in [9.17, 15) is 14.9 Å². The molecule has 0 N–H and O–H groups in total. The fraction of sp³-hybridized carbons (Fsp3) is 0. The van der Waals surface area contributed by atoms with Crippen LogP contribution in [0.25, 0.3) is 16.5 Å². The van der Waals surface area contributed by atoms with Crippen LogP contribution in [-0.2, 0) is 4.79 Å². The first-order valence-electron chi connectivity index (χ1n) is 4.15. The van der Waals surface area contributed by atoms with E-state index >= 15 is 0 Å². The van der Waals surface area contributed by atoms with E-state index in [1.54, 1.807) is 0 Å². The Balaban J connectivity index is 2.79. The van der Waals surface area contributed by atoms with E-state index in [4.69, 9.17) is 5.53 Å². The molecule has 7 nitrogen and oxygen atoms in total. The van der Waals surface area contributed by atoms with Crippen LogP contribution in [0.3, 0.4) is 0 Å². The van der Waals surface area contributed by atoms with Gasteiger partial charge in [0.15, 0.2) is 0 Å². The van der Waals surface area contributed by atoms with Gasteiger partial charge in [0.1, 0.15) is 0 Å². The Bertz CT molecular complexity index is 486. The number of amides is 1. The van der Waals surface area contributed by atoms with Crippen LogP contribution >= 0.6 is 0 Å². The number of hydrogen-bond acceptors (Lipinski definition) is 3. The van der Waals surface area contributed by atoms with Gasteiger partial charge >= 0.3 is 0 Å². The van der Waals surface area contributed by atoms with Crippen molar-refractivity contribution >= 4 is 17.7 Å². The number of azide groups is 1. The van der Waals surface area contributed by atoms with Crippen molar-refractivity contribution < 1.29 is 9.72 Å². The summed E-state index contributed by atoms with van der Waals surface area (Å²) in [6.07, 6.45) is 2.49. The molecule has 0 radical (unpaired) electrons. The number of nitro benzene ring substituents is 1. The van der Waals surface area contributed by atoms with Crippen LogP contribution in [0.15, 0.2) is 35.5 Å². The lowest BCUT2D eigenvalue weighted by molar-refractivity contribution is -0.384. The van der Waals surface area contributed by atoms with Gasteiger partial charge in [-0.15, -0.1) is 0 Å². The lowest BCUT2D eigenvalue weighted by Gasteiger charge is -1.92. The molecular weight excluding hydrogens is 212 g/mol. The van der Waals surface area contributed by atoms with Crippen molar-refractivity contribution in [1.29, 1.82) is 0 Å². The molecule has 1 amide bonds. The standard InChI is InChI=1S/C9H6N4O3/c10-12-11-9(14)6-3-7-1-4-8(5-2-7)13(15)16/h1-6H/b6-3-. The van der Waals surface area contributed by atoms with E-state index in [0.29, 0.717) is 5.56 Å². The van der Waals surface area contributed by atoms with Crippen LogP contribution in [0.1, 0.15) is 5.56 Å². The Hall–Kier alpha value is -2.66. The second-order valence-electron chi connectivity index (χ2n) is 2.71. The van der Waals surface area contributed by atoms with Gasteiger partial charge in [0.05, 0.1) is 4.92 Å². The summed E-state index contributed by atoms with van der Waals surface area (Å²) >= 11 is 0. The first kappa shape index (κ1) is 11.4. The quantitative estimate of drug-likeness (QED) is 0.194. The highest BCUT2D eigenvalue weighted by molar-refractivity contribution is 5.92. The smallest absolute Gasteiger partial charge is 0.269 e. The monoisotopic (exact) mass is 218 g/mol. The molecule has 80 valence electrons. The molecule has 7 heteroatoms. The van der Waals surface area contributed by atoms with Gasteiger partial charge in [-0.2, -0.15) is 0 Å². The second-order valence-corrected chi connectivity index (χ2v) is 2.71. The van der Waals surface area contributed by atoms with Gasteiger partial charge in [-0.3, -0.25) is 14.9 Å². The maximum Gasteiger partial charge on any atom is 0.269 e. The molecular formula is C9H6N4O3. The number of benzene rings is 1. The number of hydrogen-bond donors (Lipinski definition) is 0. The molecule has 0 aliphatic carbocycles. The molecule has 0 aliphatic heterocycles. The van der Waals surface area contributed by atoms with Gasteiger partial charge in [-0.25, -0.2) is 0 Å². The zero-order valence-corrected chi connectivity index (χ0v) is 7.98. The Morgan fingerprint density at radius 3 is 2.56 bits per heavy atom. The first-order chi connectivity index (χ1) is 7.63. The van der Waals surface area contributed by atoms with Crippen molar-refractivity contribution in [2.45, 2.75) is 0 Å². The highest BCUT2D eigenvalue weighted by Gasteiger charge is 2.02. The first-order valence-corrected chi connectivity index (χ1v) is 4.15. The Morgan fingerprint density at radius 1 is 1.44 bits per heavy atom. The van der Waals surface area contributed by atoms with Crippen LogP contribution in [0.5, 0.6) is 0 Å². The van der Waals surface area contributed by atoms with Gasteiger partial charge in [0, 0.05) is 17.0 Å². The lowest BCUT2D eigenvalue weighted by Crippen LogP contribution is -1.87. The normalized spacial score (nSPS) is 9.75. The molecule has 1 aromatic carbocycles. The van der Waals surface area contributed by atoms with Crippen molar-refractivity contribution in [2.24, 2.45) is 5.11 Å². The number of rotatable bonds is 3. The molecule has 0 bridgehead atoms. The zero-order chi connectivity index (χ0) is 12.0. The molecule has 0 saturated carbocycles. The number of nitro groups is 1. The van der Waals surface area contributed by atoms with E-state index < -0.39 is 10.8 Å². The molecule has 0 heterocycles. The van der Waals surface area contributed by atoms with Crippen LogP contribution in [0.2, 0.25) is 0 Å². The fourth-order valence-corrected chi connectivity index (χ4v) is 0.952. The van der Waals surface area contributed by atoms with Gasteiger partial charge in [0.25, 0.3) is 5.69 Å². The Labute approximate surface area is 89.8 Å². The summed E-state index contributed by atoms with van der Waals surface area (Å²) in [5.74, 6) is -0.721. The average Bonchev–Trinajstić information content (AvgIpc) is 2.27. The van der Waals surface area contributed by atoms with Crippen molar-refractivity contribution in [3.05, 3.63) is 56.5 Å². The number of non-ortho nitro benzene ring substituents is 1. The number of nitrogens with zero attached hydrogens (tertiary/aromatic N) is 4. The van der Waals surface area contributed by atoms with Gasteiger partial charge in [0.2, 0.25) is 5.91 Å². The highest BCUT2D eigenvalue weighted by atomic mass is 16.6. The SMILES string of the molecule is [N-]=[N+]=NC(=O)/C=C\c1ccc([N+](=O)[O-])cc1. The minimum absolute atomic E-state index is 0.0291. The predicted molar refractivity (Wildman–Crippen MR) is 56.3 cm³/mol. The topological polar surface area (TPSA) is 109 Å². The molecule has 0 aliphatic rings. The number of carbonyl (C=O) groups excluding carboxylic acids is 1. The maximum atomic E-state index is 10.8. The maximum absolute atomic E-state index is 10.8. The van der Waals surface area contributed by atoms with Gasteiger partial charge in [-0.05, 0) is 34.4 Å². The third kappa shape index (κ3) is 3.24. The minimum Gasteiger partial charge on any atom is -0.288 e. The minimum atomic E-state index is -0.721. The van der Waals surface area contributed by atoms with Crippen molar-refractivity contribution in [2.75, 3.05) is 0 Å². The molecule has 0 spiro atoms. The summed E-state index contributed by atoms with van der Waals surface area (Å²) < 4.78 is 0. The van der Waals surface area contributed by atoms with Gasteiger partial charge < -0.3 is 0 Å². The highest BCUT2D eigenvalue weighted by Crippen LogP contribution is 2.12. The molecule has 16 heavy (non-hydrogen) atoms. The third-order valence-electron chi connectivity index (χ3n) is 1.67. The molecule has 0 aromatic heterocycles. The molecule has 0 fully saturated rings. The van der Waals surface area contributed by atoms with Crippen molar-refractivity contribution in [3.63, 3.8) is 0 Å².